The summed E-state index contributed by atoms with van der Waals surface area (Å²) in [4.78, 5) is 23.1. The van der Waals surface area contributed by atoms with Crippen LogP contribution < -0.4 is 10.6 Å². The molecule has 1 aliphatic heterocycles. The second kappa shape index (κ2) is 8.82. The van der Waals surface area contributed by atoms with Crippen LogP contribution in [0, 0.1) is 0 Å². The highest BCUT2D eigenvalue weighted by Gasteiger charge is 2.28. The first-order valence-corrected chi connectivity index (χ1v) is 8.08. The number of hydrogen-bond acceptors (Lipinski definition) is 4. The van der Waals surface area contributed by atoms with Crippen molar-refractivity contribution in [1.29, 1.82) is 0 Å². The van der Waals surface area contributed by atoms with E-state index in [0.717, 1.165) is 5.56 Å². The normalized spacial score (nSPS) is 22.9. The second-order valence-corrected chi connectivity index (χ2v) is 6.05. The fourth-order valence-electron chi connectivity index (χ4n) is 2.43. The lowest BCUT2D eigenvalue weighted by Gasteiger charge is -2.31. The maximum Gasteiger partial charge on any atom is 0.223 e. The van der Waals surface area contributed by atoms with Crippen molar-refractivity contribution in [3.05, 3.63) is 47.0 Å². The van der Waals surface area contributed by atoms with E-state index in [2.05, 4.69) is 10.6 Å². The lowest BCUT2D eigenvalue weighted by Crippen LogP contribution is -2.48. The number of aliphatic hydroxyl groups is 1. The van der Waals surface area contributed by atoms with E-state index in [1.54, 1.807) is 24.3 Å². The third-order valence-corrected chi connectivity index (χ3v) is 3.87. The molecule has 0 unspecified atom stereocenters. The van der Waals surface area contributed by atoms with E-state index < -0.39 is 12.2 Å². The molecule has 3 N–H and O–H groups in total. The van der Waals surface area contributed by atoms with E-state index in [1.165, 1.54) is 6.92 Å². The predicted octanol–water partition coefficient (Wildman–Crippen LogP) is 1.17. The number of rotatable bonds is 6. The van der Waals surface area contributed by atoms with Gasteiger partial charge in [-0.05, 0) is 17.7 Å². The van der Waals surface area contributed by atoms with Gasteiger partial charge in [0.1, 0.15) is 6.10 Å². The maximum atomic E-state index is 12.0. The van der Waals surface area contributed by atoms with Crippen molar-refractivity contribution in [3.8, 4) is 0 Å². The highest BCUT2D eigenvalue weighted by atomic mass is 35.5. The summed E-state index contributed by atoms with van der Waals surface area (Å²) in [5.41, 5.74) is 0.951. The monoisotopic (exact) mass is 352 g/mol. The van der Waals surface area contributed by atoms with Crippen LogP contribution >= 0.6 is 11.6 Å². The molecule has 7 heteroatoms. The van der Waals surface area contributed by atoms with Gasteiger partial charge in [-0.3, -0.25) is 9.59 Å². The van der Waals surface area contributed by atoms with Crippen LogP contribution in [0.25, 0.3) is 0 Å². The largest absolute Gasteiger partial charge is 0.394 e. The highest BCUT2D eigenvalue weighted by molar-refractivity contribution is 6.30. The Morgan fingerprint density at radius 2 is 1.96 bits per heavy atom. The molecule has 2 rings (SSSR count). The van der Waals surface area contributed by atoms with Gasteiger partial charge in [0.05, 0.1) is 25.2 Å². The third-order valence-electron chi connectivity index (χ3n) is 3.62. The van der Waals surface area contributed by atoms with Crippen LogP contribution in [0.1, 0.15) is 18.9 Å². The van der Waals surface area contributed by atoms with Crippen molar-refractivity contribution >= 4 is 23.4 Å². The Labute approximate surface area is 145 Å². The molecular weight excluding hydrogens is 332 g/mol. The number of carbonyl (C=O) groups excluding carboxylic acids is 2. The van der Waals surface area contributed by atoms with Crippen molar-refractivity contribution in [1.82, 2.24) is 10.6 Å². The number of amides is 2. The number of aliphatic hydroxyl groups excluding tert-OH is 1. The van der Waals surface area contributed by atoms with Gasteiger partial charge in [-0.2, -0.15) is 0 Å². The maximum absolute atomic E-state index is 12.0. The summed E-state index contributed by atoms with van der Waals surface area (Å²) in [6.07, 6.45) is 2.63. The zero-order valence-corrected chi connectivity index (χ0v) is 14.1. The summed E-state index contributed by atoms with van der Waals surface area (Å²) in [6.45, 7) is 1.57. The molecular formula is C17H21ClN2O4. The average molecular weight is 353 g/mol. The standard InChI is InChI=1S/C17H21ClN2O4/c1-11(22)20-15-7-6-14(24-16(15)10-21)8-17(23)19-9-12-2-4-13(18)5-3-12/h2-7,14-16,21H,8-10H2,1H3,(H,19,23)(H,20,22)/t14-,15+,16-/m0/s1. The fraction of sp³-hybridized carbons (Fsp3) is 0.412. The van der Waals surface area contributed by atoms with Crippen molar-refractivity contribution in [2.24, 2.45) is 0 Å². The first kappa shape index (κ1) is 18.4. The van der Waals surface area contributed by atoms with Gasteiger partial charge in [0, 0.05) is 18.5 Å². The SMILES string of the molecule is CC(=O)N[C@@H]1C=C[C@@H](CC(=O)NCc2ccc(Cl)cc2)O[C@H]1CO. The van der Waals surface area contributed by atoms with Crippen LogP contribution in [0.3, 0.4) is 0 Å². The Kier molecular flexibility index (Phi) is 6.78. The Hall–Kier alpha value is -1.89. The summed E-state index contributed by atoms with van der Waals surface area (Å²) < 4.78 is 5.66. The molecule has 6 nitrogen and oxygen atoms in total. The van der Waals surface area contributed by atoms with E-state index in [0.29, 0.717) is 11.6 Å². The molecule has 0 spiro atoms. The van der Waals surface area contributed by atoms with Gasteiger partial charge in [-0.25, -0.2) is 0 Å². The number of carbonyl (C=O) groups is 2. The van der Waals surface area contributed by atoms with E-state index in [4.69, 9.17) is 16.3 Å². The van der Waals surface area contributed by atoms with Gasteiger partial charge >= 0.3 is 0 Å². The molecule has 130 valence electrons. The summed E-state index contributed by atoms with van der Waals surface area (Å²) in [7, 11) is 0. The molecule has 0 aliphatic carbocycles. The van der Waals surface area contributed by atoms with E-state index >= 15 is 0 Å². The number of benzene rings is 1. The molecule has 24 heavy (non-hydrogen) atoms. The molecule has 1 heterocycles. The Morgan fingerprint density at radius 1 is 1.25 bits per heavy atom. The van der Waals surface area contributed by atoms with Crippen molar-refractivity contribution < 1.29 is 19.4 Å². The third kappa shape index (κ3) is 5.63. The van der Waals surface area contributed by atoms with Crippen LogP contribution in [-0.4, -0.2) is 41.8 Å². The van der Waals surface area contributed by atoms with Gasteiger partial charge in [-0.1, -0.05) is 35.9 Å². The Morgan fingerprint density at radius 3 is 2.58 bits per heavy atom. The smallest absolute Gasteiger partial charge is 0.223 e. The van der Waals surface area contributed by atoms with Gasteiger partial charge in [0.25, 0.3) is 0 Å². The molecule has 1 aromatic carbocycles. The average Bonchev–Trinajstić information content (AvgIpc) is 2.55. The minimum atomic E-state index is -0.562. The first-order valence-electron chi connectivity index (χ1n) is 7.71. The molecule has 2 amide bonds. The zero-order valence-electron chi connectivity index (χ0n) is 13.4. The Balaban J connectivity index is 1.83. The van der Waals surface area contributed by atoms with Crippen LogP contribution in [-0.2, 0) is 20.9 Å². The van der Waals surface area contributed by atoms with Crippen molar-refractivity contribution in [3.63, 3.8) is 0 Å². The fourth-order valence-corrected chi connectivity index (χ4v) is 2.55. The van der Waals surface area contributed by atoms with Gasteiger partial charge in [0.2, 0.25) is 11.8 Å². The number of hydrogen-bond donors (Lipinski definition) is 3. The second-order valence-electron chi connectivity index (χ2n) is 5.61. The molecule has 1 aromatic rings. The molecule has 0 radical (unpaired) electrons. The molecule has 0 bridgehead atoms. The van der Waals surface area contributed by atoms with Crippen LogP contribution in [0.2, 0.25) is 5.02 Å². The lowest BCUT2D eigenvalue weighted by atomic mass is 10.0. The number of nitrogens with one attached hydrogen (secondary N) is 2. The minimum absolute atomic E-state index is 0.146. The molecule has 0 aromatic heterocycles. The van der Waals surface area contributed by atoms with Crippen LogP contribution in [0.5, 0.6) is 0 Å². The summed E-state index contributed by atoms with van der Waals surface area (Å²) >= 11 is 5.82. The van der Waals surface area contributed by atoms with Gasteiger partial charge < -0.3 is 20.5 Å². The summed E-state index contributed by atoms with van der Waals surface area (Å²) in [5, 5.41) is 15.5. The topological polar surface area (TPSA) is 87.7 Å². The molecule has 3 atom stereocenters. The first-order chi connectivity index (χ1) is 11.5. The molecule has 0 fully saturated rings. The lowest BCUT2D eigenvalue weighted by molar-refractivity contribution is -0.127. The van der Waals surface area contributed by atoms with E-state index in [9.17, 15) is 14.7 Å². The number of ether oxygens (including phenoxy) is 1. The summed E-state index contributed by atoms with van der Waals surface area (Å²) in [6, 6.07) is 6.84. The molecule has 0 saturated carbocycles. The van der Waals surface area contributed by atoms with Crippen molar-refractivity contribution in [2.75, 3.05) is 6.61 Å². The van der Waals surface area contributed by atoms with Gasteiger partial charge in [0.15, 0.2) is 0 Å². The highest BCUT2D eigenvalue weighted by Crippen LogP contribution is 2.16. The minimum Gasteiger partial charge on any atom is -0.394 e. The van der Waals surface area contributed by atoms with E-state index in [1.807, 2.05) is 12.1 Å². The van der Waals surface area contributed by atoms with E-state index in [-0.39, 0.29) is 30.9 Å². The molecule has 1 aliphatic rings. The van der Waals surface area contributed by atoms with Crippen LogP contribution in [0.15, 0.2) is 36.4 Å². The Bertz CT molecular complexity index is 603. The number of halogens is 1. The van der Waals surface area contributed by atoms with Gasteiger partial charge in [-0.15, -0.1) is 0 Å². The zero-order chi connectivity index (χ0) is 17.5. The molecule has 0 saturated heterocycles. The van der Waals surface area contributed by atoms with Crippen LogP contribution in [0.4, 0.5) is 0 Å². The predicted molar refractivity (Wildman–Crippen MR) is 90.4 cm³/mol. The van der Waals surface area contributed by atoms with Crippen molar-refractivity contribution in [2.45, 2.75) is 38.1 Å². The quantitative estimate of drug-likeness (QED) is 0.671. The summed E-state index contributed by atoms with van der Waals surface area (Å²) in [5.74, 6) is -0.361.